The Morgan fingerprint density at radius 1 is 1.24 bits per heavy atom. The highest BCUT2D eigenvalue weighted by molar-refractivity contribution is 6.33. The van der Waals surface area contributed by atoms with Crippen molar-refractivity contribution in [2.45, 2.75) is 13.8 Å². The summed E-state index contributed by atoms with van der Waals surface area (Å²) in [4.78, 5) is 4.33. The van der Waals surface area contributed by atoms with Gasteiger partial charge in [0.15, 0.2) is 5.84 Å². The molecule has 0 amide bonds. The highest BCUT2D eigenvalue weighted by atomic mass is 35.5. The van der Waals surface area contributed by atoms with Crippen molar-refractivity contribution in [3.63, 3.8) is 0 Å². The molecular formula is C17H18ClN5O2. The Hall–Kier alpha value is -2.93. The van der Waals surface area contributed by atoms with Crippen molar-refractivity contribution in [3.05, 3.63) is 52.8 Å². The third-order valence-corrected chi connectivity index (χ3v) is 4.58. The molecule has 1 aromatic carbocycles. The van der Waals surface area contributed by atoms with Crippen LogP contribution in [0.4, 0.5) is 0 Å². The molecule has 25 heavy (non-hydrogen) atoms. The van der Waals surface area contributed by atoms with Gasteiger partial charge >= 0.3 is 0 Å². The number of benzene rings is 1. The molecule has 7 nitrogen and oxygen atoms in total. The molecule has 0 aliphatic carbocycles. The van der Waals surface area contributed by atoms with Crippen molar-refractivity contribution >= 4 is 17.4 Å². The minimum absolute atomic E-state index is 0.0584. The number of imidazole rings is 1. The average Bonchev–Trinajstić information content (AvgIpc) is 3.05. The minimum atomic E-state index is -0.0584. The van der Waals surface area contributed by atoms with Crippen molar-refractivity contribution in [1.29, 1.82) is 0 Å². The average molecular weight is 360 g/mol. The zero-order chi connectivity index (χ0) is 18.3. The van der Waals surface area contributed by atoms with E-state index < -0.39 is 0 Å². The van der Waals surface area contributed by atoms with Gasteiger partial charge in [-0.15, -0.1) is 0 Å². The van der Waals surface area contributed by atoms with E-state index in [-0.39, 0.29) is 11.6 Å². The van der Waals surface area contributed by atoms with Crippen LogP contribution in [0.15, 0.2) is 35.6 Å². The number of aryl methyl sites for hydroxylation is 2. The van der Waals surface area contributed by atoms with E-state index in [1.165, 1.54) is 0 Å². The summed E-state index contributed by atoms with van der Waals surface area (Å²) < 4.78 is 3.56. The van der Waals surface area contributed by atoms with Gasteiger partial charge in [-0.2, -0.15) is 0 Å². The Bertz CT molecular complexity index is 951. The van der Waals surface area contributed by atoms with Crippen molar-refractivity contribution < 1.29 is 10.3 Å². The molecule has 0 aliphatic heterocycles. The monoisotopic (exact) mass is 359 g/mol. The molecule has 2 heterocycles. The Morgan fingerprint density at radius 2 is 1.88 bits per heavy atom. The summed E-state index contributed by atoms with van der Waals surface area (Å²) in [6.45, 7) is 3.78. The van der Waals surface area contributed by atoms with Gasteiger partial charge in [0.25, 0.3) is 0 Å². The maximum absolute atomic E-state index is 9.57. The highest BCUT2D eigenvalue weighted by Crippen LogP contribution is 2.39. The van der Waals surface area contributed by atoms with E-state index in [0.717, 1.165) is 17.1 Å². The number of amidine groups is 1. The summed E-state index contributed by atoms with van der Waals surface area (Å²) in [5, 5.41) is 22.4. The molecule has 0 saturated carbocycles. The molecule has 130 valence electrons. The predicted molar refractivity (Wildman–Crippen MR) is 96.6 cm³/mol. The SMILES string of the molecule is Cc1cnc(C)n1-c1c(-c2ccc(O)cc2)c(Cl)n(C)c1C(N)=NO. The fourth-order valence-corrected chi connectivity index (χ4v) is 3.26. The highest BCUT2D eigenvalue weighted by Gasteiger charge is 2.26. The maximum Gasteiger partial charge on any atom is 0.189 e. The van der Waals surface area contributed by atoms with Crippen LogP contribution in [-0.4, -0.2) is 30.3 Å². The summed E-state index contributed by atoms with van der Waals surface area (Å²) in [7, 11) is 1.74. The predicted octanol–water partition coefficient (Wildman–Crippen LogP) is 2.95. The van der Waals surface area contributed by atoms with E-state index in [1.54, 1.807) is 42.1 Å². The van der Waals surface area contributed by atoms with E-state index in [9.17, 15) is 10.3 Å². The van der Waals surface area contributed by atoms with Gasteiger partial charge in [-0.25, -0.2) is 4.98 Å². The second kappa shape index (κ2) is 6.18. The minimum Gasteiger partial charge on any atom is -0.508 e. The number of aromatic nitrogens is 3. The van der Waals surface area contributed by atoms with Crippen LogP contribution < -0.4 is 5.73 Å². The molecule has 0 atom stereocenters. The lowest BCUT2D eigenvalue weighted by Gasteiger charge is -2.13. The van der Waals surface area contributed by atoms with Gasteiger partial charge in [0.2, 0.25) is 0 Å². The van der Waals surface area contributed by atoms with E-state index in [1.807, 2.05) is 18.4 Å². The standard InChI is InChI=1S/C17H18ClN5O2/c1-9-8-20-10(2)23(9)14-13(11-4-6-12(24)7-5-11)16(18)22(3)15(14)17(19)21-25/h4-8,24-25H,1-3H3,(H2,19,21). The summed E-state index contributed by atoms with van der Waals surface area (Å²) in [6.07, 6.45) is 1.74. The molecule has 2 aromatic heterocycles. The number of rotatable bonds is 3. The number of aromatic hydroxyl groups is 1. The molecule has 0 bridgehead atoms. The maximum atomic E-state index is 9.57. The van der Waals surface area contributed by atoms with Gasteiger partial charge in [0.1, 0.15) is 22.4 Å². The van der Waals surface area contributed by atoms with Crippen molar-refractivity contribution in [2.75, 3.05) is 0 Å². The quantitative estimate of drug-likeness (QED) is 0.289. The van der Waals surface area contributed by atoms with Crippen LogP contribution in [-0.2, 0) is 7.05 Å². The van der Waals surface area contributed by atoms with Crippen LogP contribution in [0.1, 0.15) is 17.2 Å². The lowest BCUT2D eigenvalue weighted by molar-refractivity contribution is 0.318. The van der Waals surface area contributed by atoms with Crippen molar-refractivity contribution in [2.24, 2.45) is 17.9 Å². The van der Waals surface area contributed by atoms with Gasteiger partial charge in [-0.05, 0) is 31.5 Å². The zero-order valence-electron chi connectivity index (χ0n) is 14.0. The smallest absolute Gasteiger partial charge is 0.189 e. The molecule has 0 fully saturated rings. The van der Waals surface area contributed by atoms with Gasteiger partial charge in [-0.3, -0.25) is 4.57 Å². The number of oxime groups is 1. The largest absolute Gasteiger partial charge is 0.508 e. The second-order valence-electron chi connectivity index (χ2n) is 5.74. The van der Waals surface area contributed by atoms with Gasteiger partial charge in [-0.1, -0.05) is 28.9 Å². The molecule has 8 heteroatoms. The molecule has 4 N–H and O–H groups in total. The fraction of sp³-hybridized carbons (Fsp3) is 0.176. The number of halogens is 1. The summed E-state index contributed by atoms with van der Waals surface area (Å²) in [6, 6.07) is 6.69. The number of phenols is 1. The van der Waals surface area contributed by atoms with E-state index in [2.05, 4.69) is 10.1 Å². The Morgan fingerprint density at radius 3 is 2.40 bits per heavy atom. The molecule has 3 aromatic rings. The third kappa shape index (κ3) is 2.62. The zero-order valence-corrected chi connectivity index (χ0v) is 14.8. The van der Waals surface area contributed by atoms with Crippen LogP contribution in [0.25, 0.3) is 16.8 Å². The number of hydrogen-bond acceptors (Lipinski definition) is 4. The summed E-state index contributed by atoms with van der Waals surface area (Å²) in [5.74, 6) is 0.840. The summed E-state index contributed by atoms with van der Waals surface area (Å²) >= 11 is 6.59. The summed E-state index contributed by atoms with van der Waals surface area (Å²) in [5.41, 5.74) is 9.45. The number of nitrogens with zero attached hydrogens (tertiary/aromatic N) is 4. The van der Waals surface area contributed by atoms with E-state index in [0.29, 0.717) is 22.1 Å². The Kier molecular flexibility index (Phi) is 4.18. The fourth-order valence-electron chi connectivity index (χ4n) is 2.98. The Labute approximate surface area is 149 Å². The first-order valence-corrected chi connectivity index (χ1v) is 7.91. The van der Waals surface area contributed by atoms with Crippen LogP contribution in [0.2, 0.25) is 5.15 Å². The third-order valence-electron chi connectivity index (χ3n) is 4.14. The van der Waals surface area contributed by atoms with Gasteiger partial charge < -0.3 is 20.6 Å². The van der Waals surface area contributed by atoms with Crippen LogP contribution in [0, 0.1) is 13.8 Å². The Balaban J connectivity index is 2.45. The molecule has 0 saturated heterocycles. The molecule has 0 spiro atoms. The number of nitrogens with two attached hydrogens (primary N) is 1. The normalized spacial score (nSPS) is 11.9. The first-order chi connectivity index (χ1) is 11.9. The molecular weight excluding hydrogens is 342 g/mol. The van der Waals surface area contributed by atoms with Crippen LogP contribution >= 0.6 is 11.6 Å². The molecule has 0 unspecified atom stereocenters. The van der Waals surface area contributed by atoms with E-state index >= 15 is 0 Å². The van der Waals surface area contributed by atoms with Crippen LogP contribution in [0.5, 0.6) is 5.75 Å². The first kappa shape index (κ1) is 16.9. The topological polar surface area (TPSA) is 102 Å². The van der Waals surface area contributed by atoms with Crippen molar-refractivity contribution in [1.82, 2.24) is 14.1 Å². The number of hydrogen-bond donors (Lipinski definition) is 3. The lowest BCUT2D eigenvalue weighted by atomic mass is 10.1. The molecule has 3 rings (SSSR count). The second-order valence-corrected chi connectivity index (χ2v) is 6.09. The van der Waals surface area contributed by atoms with Crippen molar-refractivity contribution in [3.8, 4) is 22.6 Å². The molecule has 0 aliphatic rings. The lowest BCUT2D eigenvalue weighted by Crippen LogP contribution is -2.20. The number of phenolic OH excluding ortho intramolecular Hbond substituents is 1. The van der Waals surface area contributed by atoms with Gasteiger partial charge in [0.05, 0.1) is 5.69 Å². The molecule has 0 radical (unpaired) electrons. The van der Waals surface area contributed by atoms with Crippen LogP contribution in [0.3, 0.4) is 0 Å². The van der Waals surface area contributed by atoms with E-state index in [4.69, 9.17) is 17.3 Å². The first-order valence-electron chi connectivity index (χ1n) is 7.53. The van der Waals surface area contributed by atoms with Gasteiger partial charge in [0, 0.05) is 24.5 Å².